The topological polar surface area (TPSA) is 63.7 Å². The number of amides is 1. The van der Waals surface area contributed by atoms with E-state index in [0.717, 1.165) is 11.1 Å². The zero-order chi connectivity index (χ0) is 22.1. The second-order valence-electron chi connectivity index (χ2n) is 7.68. The van der Waals surface area contributed by atoms with Gasteiger partial charge in [-0.15, -0.1) is 0 Å². The highest BCUT2D eigenvalue weighted by atomic mass is 35.5. The van der Waals surface area contributed by atoms with Gasteiger partial charge in [-0.05, 0) is 56.5 Å². The van der Waals surface area contributed by atoms with E-state index in [1.165, 1.54) is 17.0 Å². The maximum Gasteiger partial charge on any atom is 0.263 e. The number of hydrogen-bond acceptors (Lipinski definition) is 4. The minimum absolute atomic E-state index is 0.00131. The molecule has 1 aliphatic rings. The van der Waals surface area contributed by atoms with E-state index in [1.807, 2.05) is 26.0 Å². The fraction of sp³-hybridized carbons (Fsp3) is 0.409. The van der Waals surface area contributed by atoms with Crippen molar-refractivity contribution in [1.82, 2.24) is 4.90 Å². The standard InChI is InChI=1S/C22H25ClFNO4S/c1-14-6-4-9-21(15(14)2)29-16(3)22(26)25(17-10-11-30(27,28)13-17)12-18-19(23)7-5-8-20(18)24/h4-9,16-17H,10-13H2,1-3H3/t16-,17-/m1/s1. The Morgan fingerprint density at radius 2 is 1.97 bits per heavy atom. The van der Waals surface area contributed by atoms with Crippen molar-refractivity contribution in [2.24, 2.45) is 0 Å². The molecule has 3 rings (SSSR count). The highest BCUT2D eigenvalue weighted by molar-refractivity contribution is 7.91. The Hall–Kier alpha value is -2.12. The summed E-state index contributed by atoms with van der Waals surface area (Å²) < 4.78 is 44.4. The Bertz CT molecular complexity index is 1040. The monoisotopic (exact) mass is 453 g/mol. The summed E-state index contributed by atoms with van der Waals surface area (Å²) in [4.78, 5) is 14.7. The number of benzene rings is 2. The van der Waals surface area contributed by atoms with Gasteiger partial charge in [-0.1, -0.05) is 29.8 Å². The van der Waals surface area contributed by atoms with Crippen molar-refractivity contribution < 1.29 is 22.3 Å². The lowest BCUT2D eigenvalue weighted by atomic mass is 10.1. The quantitative estimate of drug-likeness (QED) is 0.661. The Kier molecular flexibility index (Phi) is 6.72. The van der Waals surface area contributed by atoms with Gasteiger partial charge < -0.3 is 9.64 Å². The molecule has 162 valence electrons. The van der Waals surface area contributed by atoms with Gasteiger partial charge in [-0.3, -0.25) is 4.79 Å². The van der Waals surface area contributed by atoms with Crippen molar-refractivity contribution in [3.8, 4) is 5.75 Å². The molecule has 1 amide bonds. The normalized spacial score (nSPS) is 18.8. The van der Waals surface area contributed by atoms with Crippen LogP contribution < -0.4 is 4.74 Å². The van der Waals surface area contributed by atoms with Gasteiger partial charge in [0.05, 0.1) is 18.1 Å². The van der Waals surface area contributed by atoms with Gasteiger partial charge >= 0.3 is 0 Å². The van der Waals surface area contributed by atoms with E-state index in [2.05, 4.69) is 0 Å². The Balaban J connectivity index is 1.89. The van der Waals surface area contributed by atoms with Crippen LogP contribution in [0.3, 0.4) is 0 Å². The minimum atomic E-state index is -3.24. The predicted molar refractivity (Wildman–Crippen MR) is 115 cm³/mol. The highest BCUT2D eigenvalue weighted by Gasteiger charge is 2.37. The van der Waals surface area contributed by atoms with Crippen LogP contribution >= 0.6 is 11.6 Å². The van der Waals surface area contributed by atoms with Gasteiger partial charge in [-0.25, -0.2) is 12.8 Å². The van der Waals surface area contributed by atoms with Gasteiger partial charge in [0.15, 0.2) is 15.9 Å². The fourth-order valence-corrected chi connectivity index (χ4v) is 5.54. The van der Waals surface area contributed by atoms with Crippen LogP contribution in [0.15, 0.2) is 36.4 Å². The third-order valence-electron chi connectivity index (χ3n) is 5.53. The molecular weight excluding hydrogens is 429 g/mol. The van der Waals surface area contributed by atoms with Gasteiger partial charge in [0.25, 0.3) is 5.91 Å². The lowest BCUT2D eigenvalue weighted by Crippen LogP contribution is -2.46. The second kappa shape index (κ2) is 8.94. The first-order valence-electron chi connectivity index (χ1n) is 9.75. The molecule has 2 aromatic carbocycles. The second-order valence-corrected chi connectivity index (χ2v) is 10.3. The van der Waals surface area contributed by atoms with Crippen molar-refractivity contribution in [3.05, 3.63) is 63.9 Å². The van der Waals surface area contributed by atoms with Crippen molar-refractivity contribution in [1.29, 1.82) is 0 Å². The van der Waals surface area contributed by atoms with Crippen LogP contribution in [0.1, 0.15) is 30.0 Å². The van der Waals surface area contributed by atoms with Crippen LogP contribution in [0.5, 0.6) is 5.75 Å². The van der Waals surface area contributed by atoms with Crippen LogP contribution in [-0.2, 0) is 21.2 Å². The van der Waals surface area contributed by atoms with E-state index >= 15 is 0 Å². The molecule has 0 spiro atoms. The molecule has 1 aliphatic heterocycles. The van der Waals surface area contributed by atoms with E-state index in [4.69, 9.17) is 16.3 Å². The predicted octanol–water partition coefficient (Wildman–Crippen LogP) is 4.08. The maximum atomic E-state index is 14.4. The van der Waals surface area contributed by atoms with Gasteiger partial charge in [-0.2, -0.15) is 0 Å². The first-order chi connectivity index (χ1) is 14.1. The zero-order valence-corrected chi connectivity index (χ0v) is 18.8. The van der Waals surface area contributed by atoms with E-state index in [9.17, 15) is 17.6 Å². The van der Waals surface area contributed by atoms with Crippen molar-refractivity contribution in [2.45, 2.75) is 45.9 Å². The van der Waals surface area contributed by atoms with E-state index in [1.54, 1.807) is 19.1 Å². The number of carbonyl (C=O) groups excluding carboxylic acids is 1. The first-order valence-corrected chi connectivity index (χ1v) is 12.0. The van der Waals surface area contributed by atoms with Gasteiger partial charge in [0.2, 0.25) is 0 Å². The molecule has 1 saturated heterocycles. The summed E-state index contributed by atoms with van der Waals surface area (Å²) in [6, 6.07) is 9.32. The molecule has 1 heterocycles. The molecule has 0 bridgehead atoms. The molecule has 30 heavy (non-hydrogen) atoms. The Morgan fingerprint density at radius 1 is 1.27 bits per heavy atom. The third kappa shape index (κ3) is 4.95. The maximum absolute atomic E-state index is 14.4. The number of ether oxygens (including phenoxy) is 1. The molecule has 0 saturated carbocycles. The number of rotatable bonds is 6. The number of carbonyl (C=O) groups is 1. The average Bonchev–Trinajstić information content (AvgIpc) is 3.04. The zero-order valence-electron chi connectivity index (χ0n) is 17.2. The molecular formula is C22H25ClFNO4S. The summed E-state index contributed by atoms with van der Waals surface area (Å²) in [5.41, 5.74) is 2.11. The molecule has 0 N–H and O–H groups in total. The van der Waals surface area contributed by atoms with Crippen LogP contribution in [0.2, 0.25) is 5.02 Å². The third-order valence-corrected chi connectivity index (χ3v) is 7.63. The smallest absolute Gasteiger partial charge is 0.263 e. The van der Waals surface area contributed by atoms with E-state index in [0.29, 0.717) is 12.2 Å². The minimum Gasteiger partial charge on any atom is -0.481 e. The number of nitrogens with zero attached hydrogens (tertiary/aromatic N) is 1. The number of sulfone groups is 1. The Morgan fingerprint density at radius 3 is 2.60 bits per heavy atom. The van der Waals surface area contributed by atoms with Crippen molar-refractivity contribution in [3.63, 3.8) is 0 Å². The molecule has 2 atom stereocenters. The van der Waals surface area contributed by atoms with E-state index in [-0.39, 0.29) is 28.6 Å². The molecule has 0 radical (unpaired) electrons. The number of hydrogen-bond donors (Lipinski definition) is 0. The summed E-state index contributed by atoms with van der Waals surface area (Å²) in [6.07, 6.45) is -0.574. The molecule has 2 aromatic rings. The van der Waals surface area contributed by atoms with Crippen LogP contribution in [0.25, 0.3) is 0 Å². The number of halogens is 2. The fourth-order valence-electron chi connectivity index (χ4n) is 3.59. The van der Waals surface area contributed by atoms with Crippen molar-refractivity contribution >= 4 is 27.3 Å². The first kappa shape index (κ1) is 22.6. The number of aryl methyl sites for hydroxylation is 1. The molecule has 1 fully saturated rings. The lowest BCUT2D eigenvalue weighted by Gasteiger charge is -2.31. The summed E-state index contributed by atoms with van der Waals surface area (Å²) in [5.74, 6) is -0.514. The van der Waals surface area contributed by atoms with Crippen LogP contribution in [0.4, 0.5) is 4.39 Å². The lowest BCUT2D eigenvalue weighted by molar-refractivity contribution is -0.140. The summed E-state index contributed by atoms with van der Waals surface area (Å²) in [5, 5.41) is 0.191. The van der Waals surface area contributed by atoms with E-state index < -0.39 is 33.7 Å². The highest BCUT2D eigenvalue weighted by Crippen LogP contribution is 2.27. The van der Waals surface area contributed by atoms with Crippen LogP contribution in [0, 0.1) is 19.7 Å². The van der Waals surface area contributed by atoms with Gasteiger partial charge in [0.1, 0.15) is 11.6 Å². The largest absolute Gasteiger partial charge is 0.481 e. The van der Waals surface area contributed by atoms with Gasteiger partial charge in [0, 0.05) is 16.6 Å². The average molecular weight is 454 g/mol. The molecule has 5 nitrogen and oxygen atoms in total. The molecule has 0 aliphatic carbocycles. The molecule has 0 aromatic heterocycles. The van der Waals surface area contributed by atoms with Crippen molar-refractivity contribution in [2.75, 3.05) is 11.5 Å². The van der Waals surface area contributed by atoms with Crippen LogP contribution in [-0.4, -0.2) is 42.9 Å². The summed E-state index contributed by atoms with van der Waals surface area (Å²) in [6.45, 7) is 5.35. The SMILES string of the molecule is Cc1cccc(O[C@H](C)C(=O)N(Cc2c(F)cccc2Cl)[C@@H]2CCS(=O)(=O)C2)c1C. The Labute approximate surface area is 181 Å². The molecule has 8 heteroatoms. The summed E-state index contributed by atoms with van der Waals surface area (Å²) in [7, 11) is -3.24. The molecule has 0 unspecified atom stereocenters. The summed E-state index contributed by atoms with van der Waals surface area (Å²) >= 11 is 6.16.